The first-order valence-electron chi connectivity index (χ1n) is 7.93. The minimum atomic E-state index is -0.0385. The van der Waals surface area contributed by atoms with Crippen molar-refractivity contribution < 1.29 is 14.6 Å². The average molecular weight is 344 g/mol. The van der Waals surface area contributed by atoms with Gasteiger partial charge in [-0.3, -0.25) is 0 Å². The van der Waals surface area contributed by atoms with Gasteiger partial charge in [-0.25, -0.2) is 0 Å². The van der Waals surface area contributed by atoms with Gasteiger partial charge in [0.1, 0.15) is 24.2 Å². The lowest BCUT2D eigenvalue weighted by molar-refractivity contribution is 0.0526. The molecule has 128 valence electrons. The largest absolute Gasteiger partial charge is 0.508 e. The number of phenolic OH excluding ortho intramolecular Hbond substituents is 1. The van der Waals surface area contributed by atoms with Crippen molar-refractivity contribution >= 4 is 11.8 Å². The van der Waals surface area contributed by atoms with Crippen molar-refractivity contribution in [1.29, 1.82) is 0 Å². The van der Waals surface area contributed by atoms with E-state index in [9.17, 15) is 5.11 Å². The molecule has 0 amide bonds. The fourth-order valence-corrected chi connectivity index (χ4v) is 3.07. The Kier molecular flexibility index (Phi) is 7.22. The highest BCUT2D eigenvalue weighted by molar-refractivity contribution is 7.99. The van der Waals surface area contributed by atoms with E-state index >= 15 is 0 Å². The Hall–Kier alpha value is -1.91. The summed E-state index contributed by atoms with van der Waals surface area (Å²) in [6, 6.07) is 13.6. The van der Waals surface area contributed by atoms with E-state index in [0.29, 0.717) is 19.0 Å². The highest BCUT2D eigenvalue weighted by Crippen LogP contribution is 2.25. The highest BCUT2D eigenvalue weighted by Gasteiger charge is 2.11. The number of benzene rings is 2. The van der Waals surface area contributed by atoms with Crippen molar-refractivity contribution in [3.8, 4) is 11.5 Å². The first-order chi connectivity index (χ1) is 11.6. The smallest absolute Gasteiger partial charge is 0.119 e. The summed E-state index contributed by atoms with van der Waals surface area (Å²) in [7, 11) is 0. The summed E-state index contributed by atoms with van der Waals surface area (Å²) < 4.78 is 11.6. The fraction of sp³-hybridized carbons (Fsp3) is 0.300. The molecule has 0 spiro atoms. The van der Waals surface area contributed by atoms with Gasteiger partial charge in [-0.1, -0.05) is 23.8 Å². The molecule has 1 atom stereocenters. The molecule has 0 fully saturated rings. The lowest BCUT2D eigenvalue weighted by Gasteiger charge is -2.18. The van der Waals surface area contributed by atoms with Gasteiger partial charge in [0.05, 0.1) is 6.61 Å². The molecule has 0 radical (unpaired) electrons. The topological polar surface area (TPSA) is 38.7 Å². The summed E-state index contributed by atoms with van der Waals surface area (Å²) in [5.41, 5.74) is 2.08. The minimum Gasteiger partial charge on any atom is -0.508 e. The summed E-state index contributed by atoms with van der Waals surface area (Å²) in [6.07, 6.45) is 1.71. The molecule has 1 N–H and O–H groups in total. The van der Waals surface area contributed by atoms with E-state index in [2.05, 4.69) is 13.5 Å². The van der Waals surface area contributed by atoms with Gasteiger partial charge in [-0.05, 0) is 49.7 Å². The Morgan fingerprint density at radius 1 is 1.17 bits per heavy atom. The quantitative estimate of drug-likeness (QED) is 0.526. The van der Waals surface area contributed by atoms with E-state index in [4.69, 9.17) is 9.47 Å². The number of hydrogen-bond donors (Lipinski definition) is 1. The first-order valence-corrected chi connectivity index (χ1v) is 8.91. The molecule has 0 saturated heterocycles. The summed E-state index contributed by atoms with van der Waals surface area (Å²) >= 11 is 1.69. The van der Waals surface area contributed by atoms with Gasteiger partial charge in [0.2, 0.25) is 0 Å². The molecule has 0 aliphatic rings. The van der Waals surface area contributed by atoms with E-state index in [1.54, 1.807) is 23.9 Å². The van der Waals surface area contributed by atoms with Crippen LogP contribution in [0.3, 0.4) is 0 Å². The van der Waals surface area contributed by atoms with Crippen molar-refractivity contribution in [3.63, 3.8) is 0 Å². The molecule has 24 heavy (non-hydrogen) atoms. The van der Waals surface area contributed by atoms with Crippen molar-refractivity contribution in [1.82, 2.24) is 0 Å². The Bertz CT molecular complexity index is 652. The number of phenols is 1. The maximum Gasteiger partial charge on any atom is 0.119 e. The number of thioether (sulfide) groups is 1. The van der Waals surface area contributed by atoms with E-state index < -0.39 is 0 Å². The van der Waals surface area contributed by atoms with E-state index in [1.807, 2.05) is 43.3 Å². The molecular weight excluding hydrogens is 320 g/mol. The summed E-state index contributed by atoms with van der Waals surface area (Å²) in [5.74, 6) is 1.93. The maximum atomic E-state index is 9.60. The third kappa shape index (κ3) is 5.95. The van der Waals surface area contributed by atoms with E-state index in [-0.39, 0.29) is 6.10 Å². The fourth-order valence-electron chi connectivity index (χ4n) is 2.08. The van der Waals surface area contributed by atoms with Gasteiger partial charge in [0, 0.05) is 10.6 Å². The summed E-state index contributed by atoms with van der Waals surface area (Å²) in [5, 5.41) is 9.60. The normalized spacial score (nSPS) is 11.9. The lowest BCUT2D eigenvalue weighted by Crippen LogP contribution is -2.24. The van der Waals surface area contributed by atoms with Gasteiger partial charge < -0.3 is 14.6 Å². The monoisotopic (exact) mass is 344 g/mol. The number of rotatable bonds is 9. The van der Waals surface area contributed by atoms with Crippen LogP contribution in [-0.4, -0.2) is 30.2 Å². The van der Waals surface area contributed by atoms with Crippen LogP contribution in [0.5, 0.6) is 11.5 Å². The van der Waals surface area contributed by atoms with Crippen LogP contribution in [0.1, 0.15) is 11.1 Å². The molecule has 0 aliphatic heterocycles. The molecule has 2 aromatic rings. The van der Waals surface area contributed by atoms with Crippen LogP contribution in [0.15, 0.2) is 60.0 Å². The molecule has 2 rings (SSSR count). The predicted molar refractivity (Wildman–Crippen MR) is 100 cm³/mol. The molecule has 0 aliphatic carbocycles. The molecule has 4 heteroatoms. The zero-order valence-electron chi connectivity index (χ0n) is 14.2. The Balaban J connectivity index is 1.90. The lowest BCUT2D eigenvalue weighted by atomic mass is 10.2. The third-order valence-electron chi connectivity index (χ3n) is 3.51. The summed E-state index contributed by atoms with van der Waals surface area (Å²) in [4.78, 5) is 1.10. The van der Waals surface area contributed by atoms with Crippen LogP contribution in [0, 0.1) is 13.8 Å². The molecule has 3 nitrogen and oxygen atoms in total. The zero-order chi connectivity index (χ0) is 17.4. The highest BCUT2D eigenvalue weighted by atomic mass is 32.2. The number of ether oxygens (including phenoxy) is 2. The van der Waals surface area contributed by atoms with Crippen LogP contribution in [0.2, 0.25) is 0 Å². The van der Waals surface area contributed by atoms with E-state index in [1.165, 1.54) is 5.56 Å². The minimum absolute atomic E-state index is 0.0385. The van der Waals surface area contributed by atoms with Gasteiger partial charge in [-0.15, -0.1) is 18.3 Å². The van der Waals surface area contributed by atoms with Crippen molar-refractivity contribution in [2.45, 2.75) is 24.8 Å². The number of aromatic hydroxyl groups is 1. The predicted octanol–water partition coefficient (Wildman–Crippen LogP) is 4.75. The molecule has 0 bridgehead atoms. The zero-order valence-corrected chi connectivity index (χ0v) is 15.0. The van der Waals surface area contributed by atoms with Crippen LogP contribution in [-0.2, 0) is 4.74 Å². The molecule has 0 saturated carbocycles. The molecule has 2 aromatic carbocycles. The number of hydrogen-bond acceptors (Lipinski definition) is 4. The Morgan fingerprint density at radius 3 is 2.58 bits per heavy atom. The molecule has 0 heterocycles. The second-order valence-corrected chi connectivity index (χ2v) is 6.72. The van der Waals surface area contributed by atoms with Crippen LogP contribution in [0.4, 0.5) is 0 Å². The van der Waals surface area contributed by atoms with Crippen molar-refractivity contribution in [3.05, 3.63) is 66.2 Å². The van der Waals surface area contributed by atoms with Crippen LogP contribution < -0.4 is 4.74 Å². The number of aryl methyl sites for hydroxylation is 2. The summed E-state index contributed by atoms with van der Waals surface area (Å²) in [6.45, 7) is 8.63. The maximum absolute atomic E-state index is 9.60. The van der Waals surface area contributed by atoms with Gasteiger partial charge >= 0.3 is 0 Å². The van der Waals surface area contributed by atoms with Gasteiger partial charge in [0.15, 0.2) is 0 Å². The molecule has 1 unspecified atom stereocenters. The average Bonchev–Trinajstić information content (AvgIpc) is 2.58. The Labute approximate surface area is 148 Å². The van der Waals surface area contributed by atoms with Gasteiger partial charge in [-0.2, -0.15) is 0 Å². The Morgan fingerprint density at radius 2 is 1.92 bits per heavy atom. The van der Waals surface area contributed by atoms with E-state index in [0.717, 1.165) is 22.0 Å². The molecule has 0 aromatic heterocycles. The first kappa shape index (κ1) is 18.4. The second kappa shape index (κ2) is 9.40. The SMILES string of the molecule is C=CCOC(COc1ccc(C)cc1)CSc1ccc(O)c(C)c1. The molecular formula is C20H24O3S. The second-order valence-electron chi connectivity index (χ2n) is 5.63. The van der Waals surface area contributed by atoms with Crippen molar-refractivity contribution in [2.75, 3.05) is 19.0 Å². The van der Waals surface area contributed by atoms with Crippen LogP contribution >= 0.6 is 11.8 Å². The standard InChI is InChI=1S/C20H24O3S/c1-4-11-22-18(13-23-17-7-5-15(2)6-8-17)14-24-19-9-10-20(21)16(3)12-19/h4-10,12,18,21H,1,11,13-14H2,2-3H3. The van der Waals surface area contributed by atoms with Gasteiger partial charge in [0.25, 0.3) is 0 Å². The van der Waals surface area contributed by atoms with Crippen LogP contribution in [0.25, 0.3) is 0 Å². The van der Waals surface area contributed by atoms with Crippen molar-refractivity contribution in [2.24, 2.45) is 0 Å². The third-order valence-corrected chi connectivity index (χ3v) is 4.64.